The fourth-order valence-electron chi connectivity index (χ4n) is 1.49. The van der Waals surface area contributed by atoms with Gasteiger partial charge in [0.15, 0.2) is 5.13 Å². The Morgan fingerprint density at radius 1 is 1.26 bits per heavy atom. The van der Waals surface area contributed by atoms with Crippen molar-refractivity contribution in [2.75, 3.05) is 11.1 Å². The molecular formula is C12H12N4O2S. The van der Waals surface area contributed by atoms with E-state index in [2.05, 4.69) is 10.3 Å². The normalized spacial score (nSPS) is 10.1. The van der Waals surface area contributed by atoms with Crippen LogP contribution in [0.2, 0.25) is 0 Å². The molecule has 0 radical (unpaired) electrons. The molecule has 0 saturated heterocycles. The topological polar surface area (TPSA) is 111 Å². The van der Waals surface area contributed by atoms with Crippen molar-refractivity contribution in [3.63, 3.8) is 0 Å². The van der Waals surface area contributed by atoms with Crippen LogP contribution in [0.3, 0.4) is 0 Å². The fraction of sp³-hybridized carbons (Fsp3) is 0.0833. The molecule has 1 aromatic heterocycles. The van der Waals surface area contributed by atoms with E-state index in [1.54, 1.807) is 29.6 Å². The standard InChI is InChI=1S/C12H12N4O2S/c13-11(18)7-1-3-8(4-2-7)15-10(17)5-9-6-19-12(14)16-9/h1-4,6H,5H2,(H2,13,18)(H2,14,16)(H,15,17). The number of aromatic nitrogens is 1. The molecule has 0 saturated carbocycles. The highest BCUT2D eigenvalue weighted by Crippen LogP contribution is 2.13. The first-order valence-electron chi connectivity index (χ1n) is 5.44. The van der Waals surface area contributed by atoms with Crippen LogP contribution in [-0.4, -0.2) is 16.8 Å². The van der Waals surface area contributed by atoms with Crippen LogP contribution in [0.5, 0.6) is 0 Å². The Hall–Kier alpha value is -2.41. The second kappa shape index (κ2) is 5.49. The van der Waals surface area contributed by atoms with Crippen molar-refractivity contribution in [1.29, 1.82) is 0 Å². The van der Waals surface area contributed by atoms with E-state index in [4.69, 9.17) is 11.5 Å². The molecule has 1 heterocycles. The smallest absolute Gasteiger partial charge is 0.248 e. The second-order valence-corrected chi connectivity index (χ2v) is 4.73. The predicted molar refractivity (Wildman–Crippen MR) is 73.8 cm³/mol. The summed E-state index contributed by atoms with van der Waals surface area (Å²) < 4.78 is 0. The lowest BCUT2D eigenvalue weighted by atomic mass is 10.2. The summed E-state index contributed by atoms with van der Waals surface area (Å²) in [5, 5.41) is 4.88. The van der Waals surface area contributed by atoms with Gasteiger partial charge in [0.25, 0.3) is 0 Å². The quantitative estimate of drug-likeness (QED) is 0.773. The van der Waals surface area contributed by atoms with Crippen LogP contribution in [0.1, 0.15) is 16.1 Å². The molecule has 2 aromatic rings. The summed E-state index contributed by atoms with van der Waals surface area (Å²) >= 11 is 1.29. The van der Waals surface area contributed by atoms with Crippen LogP contribution in [-0.2, 0) is 11.2 Å². The Kier molecular flexibility index (Phi) is 3.76. The lowest BCUT2D eigenvalue weighted by molar-refractivity contribution is -0.115. The maximum Gasteiger partial charge on any atom is 0.248 e. The molecule has 0 fully saturated rings. The number of primary amides is 1. The minimum absolute atomic E-state index is 0.158. The van der Waals surface area contributed by atoms with E-state index in [0.717, 1.165) is 0 Å². The van der Waals surface area contributed by atoms with Crippen molar-refractivity contribution in [1.82, 2.24) is 4.98 Å². The summed E-state index contributed by atoms with van der Waals surface area (Å²) in [6.45, 7) is 0. The molecule has 0 spiro atoms. The molecule has 2 rings (SSSR count). The summed E-state index contributed by atoms with van der Waals surface area (Å²) in [6, 6.07) is 6.35. The fourth-order valence-corrected chi connectivity index (χ4v) is 2.05. The van der Waals surface area contributed by atoms with Gasteiger partial charge in [-0.3, -0.25) is 9.59 Å². The highest BCUT2D eigenvalue weighted by molar-refractivity contribution is 7.13. The largest absolute Gasteiger partial charge is 0.375 e. The zero-order chi connectivity index (χ0) is 13.8. The summed E-state index contributed by atoms with van der Waals surface area (Å²) in [7, 11) is 0. The van der Waals surface area contributed by atoms with Gasteiger partial charge in [-0.25, -0.2) is 4.98 Å². The van der Waals surface area contributed by atoms with E-state index in [0.29, 0.717) is 22.1 Å². The minimum Gasteiger partial charge on any atom is -0.375 e. The molecule has 0 bridgehead atoms. The molecule has 1 aromatic carbocycles. The third-order valence-corrected chi connectivity index (χ3v) is 3.09. The highest BCUT2D eigenvalue weighted by atomic mass is 32.1. The van der Waals surface area contributed by atoms with Crippen LogP contribution >= 0.6 is 11.3 Å². The first kappa shape index (κ1) is 13.0. The first-order chi connectivity index (χ1) is 9.04. The van der Waals surface area contributed by atoms with Crippen molar-refractivity contribution in [2.45, 2.75) is 6.42 Å². The monoisotopic (exact) mass is 276 g/mol. The van der Waals surface area contributed by atoms with Crippen LogP contribution in [0.25, 0.3) is 0 Å². The molecule has 98 valence electrons. The van der Waals surface area contributed by atoms with Crippen molar-refractivity contribution in [2.24, 2.45) is 5.73 Å². The number of nitrogen functional groups attached to an aromatic ring is 1. The second-order valence-electron chi connectivity index (χ2n) is 3.84. The number of nitrogens with two attached hydrogens (primary N) is 2. The molecule has 6 nitrogen and oxygen atoms in total. The number of rotatable bonds is 4. The number of hydrogen-bond acceptors (Lipinski definition) is 5. The summed E-state index contributed by atoms with van der Waals surface area (Å²) in [5.74, 6) is -0.701. The van der Waals surface area contributed by atoms with Crippen LogP contribution in [0.15, 0.2) is 29.6 Å². The number of nitrogens with zero attached hydrogens (tertiary/aromatic N) is 1. The molecule has 7 heteroatoms. The molecule has 2 amide bonds. The van der Waals surface area contributed by atoms with Crippen LogP contribution in [0.4, 0.5) is 10.8 Å². The molecular weight excluding hydrogens is 264 g/mol. The van der Waals surface area contributed by atoms with Gasteiger partial charge < -0.3 is 16.8 Å². The number of carbonyl (C=O) groups is 2. The maximum atomic E-state index is 11.7. The Bertz CT molecular complexity index is 606. The van der Waals surface area contributed by atoms with E-state index in [9.17, 15) is 9.59 Å². The minimum atomic E-state index is -0.504. The highest BCUT2D eigenvalue weighted by Gasteiger charge is 2.07. The number of carbonyl (C=O) groups excluding carboxylic acids is 2. The summed E-state index contributed by atoms with van der Waals surface area (Å²) in [4.78, 5) is 26.6. The summed E-state index contributed by atoms with van der Waals surface area (Å²) in [5.41, 5.74) is 12.2. The number of anilines is 2. The lowest BCUT2D eigenvalue weighted by Gasteiger charge is -2.04. The third kappa shape index (κ3) is 3.52. The number of amides is 2. The zero-order valence-corrected chi connectivity index (χ0v) is 10.7. The van der Waals surface area contributed by atoms with Crippen molar-refractivity contribution < 1.29 is 9.59 Å². The van der Waals surface area contributed by atoms with Crippen LogP contribution < -0.4 is 16.8 Å². The number of benzene rings is 1. The van der Waals surface area contributed by atoms with E-state index in [-0.39, 0.29) is 12.3 Å². The Balaban J connectivity index is 1.97. The molecule has 0 aliphatic rings. The van der Waals surface area contributed by atoms with E-state index in [1.165, 1.54) is 11.3 Å². The zero-order valence-electron chi connectivity index (χ0n) is 9.92. The average molecular weight is 276 g/mol. The van der Waals surface area contributed by atoms with E-state index in [1.807, 2.05) is 0 Å². The Morgan fingerprint density at radius 3 is 2.47 bits per heavy atom. The van der Waals surface area contributed by atoms with Gasteiger partial charge in [0.1, 0.15) is 0 Å². The van der Waals surface area contributed by atoms with E-state index < -0.39 is 5.91 Å². The number of nitrogens with one attached hydrogen (secondary N) is 1. The Labute approximate surface area is 113 Å². The van der Waals surface area contributed by atoms with Gasteiger partial charge in [-0.1, -0.05) is 0 Å². The maximum absolute atomic E-state index is 11.7. The molecule has 0 unspecified atom stereocenters. The molecule has 0 aliphatic carbocycles. The van der Waals surface area contributed by atoms with Gasteiger partial charge >= 0.3 is 0 Å². The number of thiazole rings is 1. The van der Waals surface area contributed by atoms with Gasteiger partial charge in [-0.05, 0) is 24.3 Å². The van der Waals surface area contributed by atoms with Crippen molar-refractivity contribution in [3.8, 4) is 0 Å². The van der Waals surface area contributed by atoms with Crippen LogP contribution in [0, 0.1) is 0 Å². The lowest BCUT2D eigenvalue weighted by Crippen LogP contribution is -2.15. The van der Waals surface area contributed by atoms with Crippen molar-refractivity contribution in [3.05, 3.63) is 40.9 Å². The molecule has 0 aliphatic heterocycles. The third-order valence-electron chi connectivity index (χ3n) is 2.36. The van der Waals surface area contributed by atoms with Gasteiger partial charge in [0.05, 0.1) is 12.1 Å². The molecule has 19 heavy (non-hydrogen) atoms. The van der Waals surface area contributed by atoms with Gasteiger partial charge in [-0.15, -0.1) is 11.3 Å². The summed E-state index contributed by atoms with van der Waals surface area (Å²) in [6.07, 6.45) is 0.158. The molecule has 0 atom stereocenters. The Morgan fingerprint density at radius 2 is 1.95 bits per heavy atom. The number of hydrogen-bond donors (Lipinski definition) is 3. The van der Waals surface area contributed by atoms with Gasteiger partial charge in [0, 0.05) is 16.6 Å². The molecule has 5 N–H and O–H groups in total. The predicted octanol–water partition coefficient (Wildman–Crippen LogP) is 1.01. The van der Waals surface area contributed by atoms with Gasteiger partial charge in [-0.2, -0.15) is 0 Å². The first-order valence-corrected chi connectivity index (χ1v) is 6.32. The SMILES string of the molecule is NC(=O)c1ccc(NC(=O)Cc2csc(N)n2)cc1. The van der Waals surface area contributed by atoms with Crippen molar-refractivity contribution >= 4 is 34.0 Å². The van der Waals surface area contributed by atoms with Gasteiger partial charge in [0.2, 0.25) is 11.8 Å². The van der Waals surface area contributed by atoms with E-state index >= 15 is 0 Å². The average Bonchev–Trinajstić information content (AvgIpc) is 2.75.